The van der Waals surface area contributed by atoms with E-state index in [9.17, 15) is 14.4 Å². The van der Waals surface area contributed by atoms with Crippen molar-refractivity contribution in [3.63, 3.8) is 0 Å². The predicted octanol–water partition coefficient (Wildman–Crippen LogP) is 2.86. The van der Waals surface area contributed by atoms with E-state index in [2.05, 4.69) is 0 Å². The summed E-state index contributed by atoms with van der Waals surface area (Å²) in [5.74, 6) is -0.566. The third kappa shape index (κ3) is 2.16. The maximum absolute atomic E-state index is 12.4. The maximum atomic E-state index is 12.4. The first-order chi connectivity index (χ1) is 10.6. The Kier molecular flexibility index (Phi) is 3.47. The summed E-state index contributed by atoms with van der Waals surface area (Å²) in [6.45, 7) is 1.99. The van der Waals surface area contributed by atoms with Gasteiger partial charge in [0.15, 0.2) is 11.6 Å². The Hall–Kier alpha value is -2.95. The third-order valence-corrected chi connectivity index (χ3v) is 3.47. The SMILES string of the molecule is CCOC(=O)N1C=CC(=C2C(=O)c3ccccc3C2=O)C=C1. The summed E-state index contributed by atoms with van der Waals surface area (Å²) in [7, 11) is 0. The van der Waals surface area contributed by atoms with Crippen LogP contribution in [-0.4, -0.2) is 29.2 Å². The number of benzene rings is 1. The second-order valence-electron chi connectivity index (χ2n) is 4.77. The highest BCUT2D eigenvalue weighted by Crippen LogP contribution is 2.30. The number of hydrogen-bond acceptors (Lipinski definition) is 4. The molecule has 0 saturated heterocycles. The molecule has 0 saturated carbocycles. The number of rotatable bonds is 1. The predicted molar refractivity (Wildman–Crippen MR) is 79.3 cm³/mol. The molecule has 1 heterocycles. The fraction of sp³-hybridized carbons (Fsp3) is 0.118. The second-order valence-corrected chi connectivity index (χ2v) is 4.77. The van der Waals surface area contributed by atoms with Crippen molar-refractivity contribution in [2.75, 3.05) is 6.61 Å². The molecule has 1 aromatic carbocycles. The van der Waals surface area contributed by atoms with Crippen molar-refractivity contribution in [2.24, 2.45) is 0 Å². The van der Waals surface area contributed by atoms with Crippen LogP contribution in [-0.2, 0) is 4.74 Å². The zero-order chi connectivity index (χ0) is 15.7. The molecule has 22 heavy (non-hydrogen) atoms. The minimum atomic E-state index is -0.508. The van der Waals surface area contributed by atoms with Crippen molar-refractivity contribution >= 4 is 17.7 Å². The van der Waals surface area contributed by atoms with Gasteiger partial charge in [-0.3, -0.25) is 14.5 Å². The Morgan fingerprint density at radius 1 is 1.05 bits per heavy atom. The van der Waals surface area contributed by atoms with Gasteiger partial charge in [-0.05, 0) is 24.6 Å². The Labute approximate surface area is 127 Å². The number of fused-ring (bicyclic) bond motifs is 1. The van der Waals surface area contributed by atoms with Crippen molar-refractivity contribution in [1.82, 2.24) is 4.90 Å². The number of nitrogens with zero attached hydrogens (tertiary/aromatic N) is 1. The van der Waals surface area contributed by atoms with Gasteiger partial charge < -0.3 is 4.74 Å². The van der Waals surface area contributed by atoms with Crippen LogP contribution in [0.2, 0.25) is 0 Å². The van der Waals surface area contributed by atoms with Crippen LogP contribution in [0.3, 0.4) is 0 Å². The van der Waals surface area contributed by atoms with Gasteiger partial charge in [0, 0.05) is 23.5 Å². The number of amides is 1. The van der Waals surface area contributed by atoms with E-state index < -0.39 is 6.09 Å². The highest BCUT2D eigenvalue weighted by Gasteiger charge is 2.34. The lowest BCUT2D eigenvalue weighted by molar-refractivity contribution is 0.0987. The summed E-state index contributed by atoms with van der Waals surface area (Å²) in [6, 6.07) is 6.74. The quantitative estimate of drug-likeness (QED) is 0.590. The van der Waals surface area contributed by atoms with E-state index in [1.54, 1.807) is 43.3 Å². The largest absolute Gasteiger partial charge is 0.449 e. The molecule has 110 valence electrons. The van der Waals surface area contributed by atoms with Crippen LogP contribution >= 0.6 is 0 Å². The fourth-order valence-electron chi connectivity index (χ4n) is 2.43. The number of hydrogen-bond donors (Lipinski definition) is 0. The highest BCUT2D eigenvalue weighted by molar-refractivity contribution is 6.40. The van der Waals surface area contributed by atoms with E-state index in [1.165, 1.54) is 17.3 Å². The molecule has 0 aromatic heterocycles. The van der Waals surface area contributed by atoms with E-state index >= 15 is 0 Å². The average Bonchev–Trinajstić information content (AvgIpc) is 2.80. The minimum absolute atomic E-state index is 0.136. The van der Waals surface area contributed by atoms with Crippen LogP contribution in [0.15, 0.2) is 60.0 Å². The topological polar surface area (TPSA) is 63.7 Å². The molecule has 0 fully saturated rings. The number of ether oxygens (including phenoxy) is 1. The lowest BCUT2D eigenvalue weighted by Gasteiger charge is -2.16. The lowest BCUT2D eigenvalue weighted by Crippen LogP contribution is -2.22. The number of allylic oxidation sites excluding steroid dienone is 4. The van der Waals surface area contributed by atoms with Crippen molar-refractivity contribution in [3.8, 4) is 0 Å². The van der Waals surface area contributed by atoms with Gasteiger partial charge in [0.05, 0.1) is 12.2 Å². The summed E-state index contributed by atoms with van der Waals surface area (Å²) < 4.78 is 4.87. The van der Waals surface area contributed by atoms with Gasteiger partial charge in [-0.15, -0.1) is 0 Å². The van der Waals surface area contributed by atoms with E-state index in [4.69, 9.17) is 4.74 Å². The molecule has 3 rings (SSSR count). The van der Waals surface area contributed by atoms with E-state index in [-0.39, 0.29) is 23.7 Å². The summed E-state index contributed by atoms with van der Waals surface area (Å²) in [5.41, 5.74) is 1.47. The van der Waals surface area contributed by atoms with E-state index in [0.717, 1.165) is 0 Å². The molecule has 1 amide bonds. The fourth-order valence-corrected chi connectivity index (χ4v) is 2.43. The summed E-state index contributed by atoms with van der Waals surface area (Å²) in [5, 5.41) is 0. The minimum Gasteiger partial charge on any atom is -0.449 e. The van der Waals surface area contributed by atoms with Crippen molar-refractivity contribution in [3.05, 3.63) is 71.1 Å². The van der Waals surface area contributed by atoms with Gasteiger partial charge in [-0.1, -0.05) is 24.3 Å². The molecule has 0 radical (unpaired) electrons. The van der Waals surface area contributed by atoms with Gasteiger partial charge >= 0.3 is 6.09 Å². The summed E-state index contributed by atoms with van der Waals surface area (Å²) in [6.07, 6.45) is 5.57. The van der Waals surface area contributed by atoms with Gasteiger partial charge in [0.1, 0.15) is 0 Å². The van der Waals surface area contributed by atoms with Crippen LogP contribution in [0.1, 0.15) is 27.6 Å². The van der Waals surface area contributed by atoms with Crippen LogP contribution in [0.25, 0.3) is 0 Å². The molecule has 0 atom stereocenters. The molecule has 0 unspecified atom stereocenters. The van der Waals surface area contributed by atoms with Crippen LogP contribution in [0, 0.1) is 0 Å². The molecular formula is C17H13NO4. The molecule has 5 heteroatoms. The molecule has 0 N–H and O–H groups in total. The summed E-state index contributed by atoms with van der Waals surface area (Å²) in [4.78, 5) is 37.6. The first-order valence-corrected chi connectivity index (χ1v) is 6.87. The van der Waals surface area contributed by atoms with Gasteiger partial charge in [0.25, 0.3) is 0 Å². The van der Waals surface area contributed by atoms with Gasteiger partial charge in [0.2, 0.25) is 0 Å². The number of ketones is 2. The Balaban J connectivity index is 1.93. The molecule has 5 nitrogen and oxygen atoms in total. The van der Waals surface area contributed by atoms with Crippen LogP contribution < -0.4 is 0 Å². The molecule has 1 aliphatic carbocycles. The van der Waals surface area contributed by atoms with Gasteiger partial charge in [-0.2, -0.15) is 0 Å². The molecular weight excluding hydrogens is 282 g/mol. The monoisotopic (exact) mass is 295 g/mol. The number of carbonyl (C=O) groups excluding carboxylic acids is 3. The Bertz CT molecular complexity index is 718. The molecule has 0 spiro atoms. The standard InChI is InChI=1S/C17H13NO4/c1-2-22-17(21)18-9-7-11(8-10-18)14-15(19)12-5-3-4-6-13(12)16(14)20/h3-10H,2H2,1H3. The van der Waals surface area contributed by atoms with Crippen molar-refractivity contribution < 1.29 is 19.1 Å². The molecule has 1 aromatic rings. The first-order valence-electron chi connectivity index (χ1n) is 6.87. The Morgan fingerprint density at radius 2 is 1.59 bits per heavy atom. The first kappa shape index (κ1) is 14.0. The van der Waals surface area contributed by atoms with E-state index in [1.807, 2.05) is 0 Å². The normalized spacial score (nSPS) is 16.3. The lowest BCUT2D eigenvalue weighted by atomic mass is 10.0. The molecule has 2 aliphatic rings. The third-order valence-electron chi connectivity index (χ3n) is 3.47. The zero-order valence-corrected chi connectivity index (χ0v) is 11.9. The Morgan fingerprint density at radius 3 is 2.09 bits per heavy atom. The average molecular weight is 295 g/mol. The van der Waals surface area contributed by atoms with Gasteiger partial charge in [-0.25, -0.2) is 4.79 Å². The molecule has 1 aliphatic heterocycles. The summed E-state index contributed by atoms with van der Waals surface area (Å²) >= 11 is 0. The zero-order valence-electron chi connectivity index (χ0n) is 11.9. The molecule has 0 bridgehead atoms. The number of carbonyl (C=O) groups is 3. The van der Waals surface area contributed by atoms with Crippen LogP contribution in [0.4, 0.5) is 4.79 Å². The highest BCUT2D eigenvalue weighted by atomic mass is 16.5. The van der Waals surface area contributed by atoms with Crippen molar-refractivity contribution in [2.45, 2.75) is 6.92 Å². The van der Waals surface area contributed by atoms with Crippen molar-refractivity contribution in [1.29, 1.82) is 0 Å². The number of Topliss-reactive ketones (excluding diaryl/α,β-unsaturated/α-hetero) is 2. The smallest absolute Gasteiger partial charge is 0.417 e. The second kappa shape index (κ2) is 5.44. The maximum Gasteiger partial charge on any atom is 0.417 e. The van der Waals surface area contributed by atoms with E-state index in [0.29, 0.717) is 16.7 Å². The van der Waals surface area contributed by atoms with Crippen LogP contribution in [0.5, 0.6) is 0 Å².